The molecule has 1 saturated heterocycles. The Balaban J connectivity index is 1.96. The van der Waals surface area contributed by atoms with E-state index in [1.807, 2.05) is 28.6 Å². The molecule has 8 heteroatoms. The zero-order chi connectivity index (χ0) is 15.3. The van der Waals surface area contributed by atoms with Gasteiger partial charge in [-0.1, -0.05) is 12.0 Å². The van der Waals surface area contributed by atoms with Crippen molar-refractivity contribution < 1.29 is 13.6 Å². The molecule has 0 bridgehead atoms. The standard InChI is InChI=1S/C13H18N4O3S/c1-2-12(15-18)11-21(19,20)17-9-7-16(8-10-17)13-5-3-4-6-14-13/h1,3-6,12,15,18H,7-11H2. The monoisotopic (exact) mass is 310 g/mol. The van der Waals surface area contributed by atoms with Crippen molar-refractivity contribution in [3.05, 3.63) is 24.4 Å². The Kier molecular flexibility index (Phi) is 5.14. The number of nitrogens with zero attached hydrogens (tertiary/aromatic N) is 3. The first kappa shape index (κ1) is 15.7. The molecular weight excluding hydrogens is 292 g/mol. The van der Waals surface area contributed by atoms with Gasteiger partial charge in [-0.2, -0.15) is 9.79 Å². The molecule has 2 N–H and O–H groups in total. The number of hydroxylamine groups is 1. The molecule has 1 fully saturated rings. The molecule has 0 spiro atoms. The van der Waals surface area contributed by atoms with E-state index in [0.29, 0.717) is 26.2 Å². The molecule has 114 valence electrons. The van der Waals surface area contributed by atoms with E-state index in [9.17, 15) is 8.42 Å². The average Bonchev–Trinajstić information content (AvgIpc) is 2.53. The number of hydrogen-bond acceptors (Lipinski definition) is 6. The summed E-state index contributed by atoms with van der Waals surface area (Å²) >= 11 is 0. The molecule has 0 saturated carbocycles. The van der Waals surface area contributed by atoms with Crippen LogP contribution in [0.3, 0.4) is 0 Å². The lowest BCUT2D eigenvalue weighted by atomic mass is 10.3. The Bertz CT molecular complexity index is 592. The quantitative estimate of drug-likeness (QED) is 0.564. The molecule has 0 radical (unpaired) electrons. The molecule has 1 aromatic heterocycles. The molecule has 0 aliphatic carbocycles. The van der Waals surface area contributed by atoms with Crippen LogP contribution in [0.15, 0.2) is 24.4 Å². The van der Waals surface area contributed by atoms with Gasteiger partial charge in [0.15, 0.2) is 0 Å². The third kappa shape index (κ3) is 3.92. The van der Waals surface area contributed by atoms with Crippen molar-refractivity contribution in [3.8, 4) is 12.3 Å². The summed E-state index contributed by atoms with van der Waals surface area (Å²) in [5, 5.41) is 8.79. The van der Waals surface area contributed by atoms with E-state index in [-0.39, 0.29) is 5.75 Å². The molecule has 21 heavy (non-hydrogen) atoms. The molecule has 1 atom stereocenters. The van der Waals surface area contributed by atoms with Crippen molar-refractivity contribution in [2.24, 2.45) is 0 Å². The smallest absolute Gasteiger partial charge is 0.216 e. The van der Waals surface area contributed by atoms with E-state index in [4.69, 9.17) is 11.6 Å². The van der Waals surface area contributed by atoms with Gasteiger partial charge < -0.3 is 10.1 Å². The molecule has 0 amide bonds. The lowest BCUT2D eigenvalue weighted by molar-refractivity contribution is 0.153. The minimum atomic E-state index is -3.49. The van der Waals surface area contributed by atoms with Gasteiger partial charge in [0.2, 0.25) is 10.0 Å². The highest BCUT2D eigenvalue weighted by Gasteiger charge is 2.29. The first-order valence-electron chi connectivity index (χ1n) is 6.56. The highest BCUT2D eigenvalue weighted by molar-refractivity contribution is 7.89. The lowest BCUT2D eigenvalue weighted by Gasteiger charge is -2.34. The first-order chi connectivity index (χ1) is 10.1. The molecular formula is C13H18N4O3S. The van der Waals surface area contributed by atoms with Crippen molar-refractivity contribution in [1.82, 2.24) is 14.8 Å². The normalized spacial score (nSPS) is 18.2. The van der Waals surface area contributed by atoms with E-state index in [1.165, 1.54) is 4.31 Å². The van der Waals surface area contributed by atoms with Gasteiger partial charge >= 0.3 is 0 Å². The number of pyridine rings is 1. The maximum atomic E-state index is 12.2. The van der Waals surface area contributed by atoms with Crippen LogP contribution in [0.25, 0.3) is 0 Å². The largest absolute Gasteiger partial charge is 0.354 e. The Hall–Kier alpha value is -1.66. The van der Waals surface area contributed by atoms with E-state index in [0.717, 1.165) is 5.82 Å². The van der Waals surface area contributed by atoms with Gasteiger partial charge in [-0.15, -0.1) is 6.42 Å². The SMILES string of the molecule is C#CC(CS(=O)(=O)N1CCN(c2ccccn2)CC1)NO. The third-order valence-electron chi connectivity index (χ3n) is 3.34. The summed E-state index contributed by atoms with van der Waals surface area (Å²) in [6.45, 7) is 1.90. The Morgan fingerprint density at radius 3 is 2.62 bits per heavy atom. The van der Waals surface area contributed by atoms with Crippen LogP contribution in [0.2, 0.25) is 0 Å². The number of sulfonamides is 1. The van der Waals surface area contributed by atoms with Gasteiger partial charge in [0, 0.05) is 32.4 Å². The van der Waals surface area contributed by atoms with Crippen LogP contribution in [0.4, 0.5) is 5.82 Å². The Morgan fingerprint density at radius 2 is 2.10 bits per heavy atom. The highest BCUT2D eigenvalue weighted by atomic mass is 32.2. The Morgan fingerprint density at radius 1 is 1.38 bits per heavy atom. The van der Waals surface area contributed by atoms with E-state index < -0.39 is 16.1 Å². The van der Waals surface area contributed by atoms with Crippen molar-refractivity contribution in [2.75, 3.05) is 36.8 Å². The highest BCUT2D eigenvalue weighted by Crippen LogP contribution is 2.15. The van der Waals surface area contributed by atoms with Gasteiger partial charge in [-0.3, -0.25) is 0 Å². The predicted molar refractivity (Wildman–Crippen MR) is 79.4 cm³/mol. The van der Waals surface area contributed by atoms with Gasteiger partial charge in [0.25, 0.3) is 0 Å². The summed E-state index contributed by atoms with van der Waals surface area (Å²) in [6.07, 6.45) is 6.86. The van der Waals surface area contributed by atoms with Crippen molar-refractivity contribution in [2.45, 2.75) is 6.04 Å². The fourth-order valence-corrected chi connectivity index (χ4v) is 3.70. The number of piperazine rings is 1. The molecule has 1 aromatic rings. The third-order valence-corrected chi connectivity index (χ3v) is 5.25. The summed E-state index contributed by atoms with van der Waals surface area (Å²) in [4.78, 5) is 6.29. The van der Waals surface area contributed by atoms with Crippen molar-refractivity contribution >= 4 is 15.8 Å². The minimum absolute atomic E-state index is 0.316. The van der Waals surface area contributed by atoms with Crippen molar-refractivity contribution in [1.29, 1.82) is 0 Å². The summed E-state index contributed by atoms with van der Waals surface area (Å²) in [7, 11) is -3.49. The van der Waals surface area contributed by atoms with Crippen molar-refractivity contribution in [3.63, 3.8) is 0 Å². The van der Waals surface area contributed by atoms with Crippen LogP contribution in [-0.4, -0.2) is 60.9 Å². The van der Waals surface area contributed by atoms with Gasteiger partial charge in [-0.25, -0.2) is 13.4 Å². The maximum Gasteiger partial charge on any atom is 0.216 e. The van der Waals surface area contributed by atoms with Crippen LogP contribution in [0.1, 0.15) is 0 Å². The summed E-state index contributed by atoms with van der Waals surface area (Å²) in [6, 6.07) is 4.74. The zero-order valence-corrected chi connectivity index (χ0v) is 12.3. The molecule has 7 nitrogen and oxygen atoms in total. The second-order valence-corrected chi connectivity index (χ2v) is 6.71. The zero-order valence-electron chi connectivity index (χ0n) is 11.5. The number of anilines is 1. The van der Waals surface area contributed by atoms with Crippen LogP contribution in [-0.2, 0) is 10.0 Å². The molecule has 1 aliphatic rings. The molecule has 1 unspecified atom stereocenters. The molecule has 2 heterocycles. The Labute approximate surface area is 124 Å². The number of aromatic nitrogens is 1. The molecule has 0 aromatic carbocycles. The number of nitrogens with one attached hydrogen (secondary N) is 1. The van der Waals surface area contributed by atoms with E-state index >= 15 is 0 Å². The van der Waals surface area contributed by atoms with E-state index in [1.54, 1.807) is 6.20 Å². The number of hydrogen-bond donors (Lipinski definition) is 2. The maximum absolute atomic E-state index is 12.2. The summed E-state index contributed by atoms with van der Waals surface area (Å²) < 4.78 is 25.8. The lowest BCUT2D eigenvalue weighted by Crippen LogP contribution is -2.51. The van der Waals surface area contributed by atoms with Gasteiger partial charge in [-0.05, 0) is 12.1 Å². The second kappa shape index (κ2) is 6.87. The predicted octanol–water partition coefficient (Wildman–Crippen LogP) is -0.486. The first-order valence-corrected chi connectivity index (χ1v) is 8.17. The average molecular weight is 310 g/mol. The fraction of sp³-hybridized carbons (Fsp3) is 0.462. The topological polar surface area (TPSA) is 85.8 Å². The summed E-state index contributed by atoms with van der Waals surface area (Å²) in [5.41, 5.74) is 1.82. The van der Waals surface area contributed by atoms with Crippen LogP contribution in [0.5, 0.6) is 0 Å². The van der Waals surface area contributed by atoms with Crippen LogP contribution in [0, 0.1) is 12.3 Å². The van der Waals surface area contributed by atoms with E-state index in [2.05, 4.69) is 10.9 Å². The number of terminal acetylenes is 1. The summed E-state index contributed by atoms with van der Waals surface area (Å²) in [5.74, 6) is 2.72. The second-order valence-electron chi connectivity index (χ2n) is 4.70. The number of rotatable bonds is 5. The van der Waals surface area contributed by atoms with Gasteiger partial charge in [0.1, 0.15) is 11.9 Å². The van der Waals surface area contributed by atoms with Gasteiger partial charge in [0.05, 0.1) is 5.75 Å². The molecule has 1 aliphatic heterocycles. The van der Waals surface area contributed by atoms with Crippen LogP contribution < -0.4 is 10.4 Å². The fourth-order valence-electron chi connectivity index (χ4n) is 2.17. The van der Waals surface area contributed by atoms with Crippen LogP contribution >= 0.6 is 0 Å². The molecule has 2 rings (SSSR count). The minimum Gasteiger partial charge on any atom is -0.354 e.